The van der Waals surface area contributed by atoms with Crippen molar-refractivity contribution in [3.63, 3.8) is 0 Å². The summed E-state index contributed by atoms with van der Waals surface area (Å²) in [6.45, 7) is 2.18. The van der Waals surface area contributed by atoms with Gasteiger partial charge in [0.2, 0.25) is 0 Å². The number of ether oxygens (including phenoxy) is 2. The quantitative estimate of drug-likeness (QED) is 0.241. The minimum atomic E-state index is -1.07. The molecule has 1 heterocycles. The van der Waals surface area contributed by atoms with Crippen LogP contribution >= 0.6 is 23.2 Å². The van der Waals surface area contributed by atoms with Gasteiger partial charge in [-0.3, -0.25) is 14.5 Å². The SMILES string of the molecule is CCOc1ccc(Cl)c(/C(O)=C2\C(=O)C(=O)N(c3ccc(F)c(Cl)c3)C2c2cccc(OC)c2)c1. The van der Waals surface area contributed by atoms with E-state index < -0.39 is 29.3 Å². The van der Waals surface area contributed by atoms with Gasteiger partial charge in [0.05, 0.1) is 35.4 Å². The van der Waals surface area contributed by atoms with E-state index in [0.717, 1.165) is 11.0 Å². The molecular weight excluding hydrogens is 496 g/mol. The maximum absolute atomic E-state index is 13.9. The molecule has 35 heavy (non-hydrogen) atoms. The highest BCUT2D eigenvalue weighted by atomic mass is 35.5. The first-order valence-corrected chi connectivity index (χ1v) is 11.3. The standard InChI is InChI=1S/C26H20Cl2FNO5/c1-3-35-17-8-9-19(27)18(13-17)24(31)22-23(14-5-4-6-16(11-14)34-2)30(26(33)25(22)32)15-7-10-21(29)20(28)12-15/h4-13,23,31H,3H2,1-2H3/b24-22+. The van der Waals surface area contributed by atoms with E-state index in [2.05, 4.69) is 0 Å². The van der Waals surface area contributed by atoms with Gasteiger partial charge in [0.1, 0.15) is 23.1 Å². The molecule has 1 aliphatic rings. The summed E-state index contributed by atoms with van der Waals surface area (Å²) in [7, 11) is 1.48. The lowest BCUT2D eigenvalue weighted by Crippen LogP contribution is -2.29. The number of anilines is 1. The number of amides is 1. The molecule has 4 rings (SSSR count). The van der Waals surface area contributed by atoms with Crippen LogP contribution in [0, 0.1) is 5.82 Å². The molecule has 0 saturated carbocycles. The van der Waals surface area contributed by atoms with Crippen molar-refractivity contribution in [2.45, 2.75) is 13.0 Å². The van der Waals surface area contributed by atoms with Crippen molar-refractivity contribution in [2.24, 2.45) is 0 Å². The van der Waals surface area contributed by atoms with E-state index in [1.54, 1.807) is 37.3 Å². The highest BCUT2D eigenvalue weighted by Crippen LogP contribution is 2.44. The Morgan fingerprint density at radius 3 is 2.49 bits per heavy atom. The summed E-state index contributed by atoms with van der Waals surface area (Å²) in [5.74, 6) is -2.10. The maximum atomic E-state index is 13.9. The number of aliphatic hydroxyl groups excluding tert-OH is 1. The molecule has 1 N–H and O–H groups in total. The minimum absolute atomic E-state index is 0.126. The second-order valence-corrected chi connectivity index (χ2v) is 8.43. The lowest BCUT2D eigenvalue weighted by atomic mass is 9.95. The van der Waals surface area contributed by atoms with Crippen molar-refractivity contribution in [3.05, 3.63) is 93.2 Å². The van der Waals surface area contributed by atoms with Crippen molar-refractivity contribution >= 4 is 46.3 Å². The Balaban J connectivity index is 1.98. The van der Waals surface area contributed by atoms with Gasteiger partial charge in [0, 0.05) is 11.3 Å². The third-order valence-electron chi connectivity index (χ3n) is 5.54. The summed E-state index contributed by atoms with van der Waals surface area (Å²) in [5, 5.41) is 11.3. The molecule has 1 amide bonds. The number of hydrogen-bond donors (Lipinski definition) is 1. The fourth-order valence-electron chi connectivity index (χ4n) is 3.95. The molecular formula is C26H20Cl2FNO5. The molecule has 3 aromatic carbocycles. The van der Waals surface area contributed by atoms with Gasteiger partial charge in [-0.2, -0.15) is 0 Å². The zero-order valence-corrected chi connectivity index (χ0v) is 20.2. The van der Waals surface area contributed by atoms with Gasteiger partial charge in [-0.05, 0) is 61.0 Å². The average molecular weight is 516 g/mol. The molecule has 3 aromatic rings. The number of carbonyl (C=O) groups excluding carboxylic acids is 2. The third-order valence-corrected chi connectivity index (χ3v) is 6.16. The van der Waals surface area contributed by atoms with Gasteiger partial charge in [-0.1, -0.05) is 35.3 Å². The molecule has 0 radical (unpaired) electrons. The van der Waals surface area contributed by atoms with E-state index in [0.29, 0.717) is 23.7 Å². The summed E-state index contributed by atoms with van der Waals surface area (Å²) >= 11 is 12.3. The van der Waals surface area contributed by atoms with E-state index in [1.807, 2.05) is 0 Å². The lowest BCUT2D eigenvalue weighted by Gasteiger charge is -2.26. The summed E-state index contributed by atoms with van der Waals surface area (Å²) in [6.07, 6.45) is 0. The molecule has 1 saturated heterocycles. The molecule has 0 bridgehead atoms. The number of methoxy groups -OCH3 is 1. The average Bonchev–Trinajstić information content (AvgIpc) is 3.12. The molecule has 1 atom stereocenters. The highest BCUT2D eigenvalue weighted by Gasteiger charge is 2.47. The van der Waals surface area contributed by atoms with E-state index in [4.69, 9.17) is 32.7 Å². The zero-order valence-electron chi connectivity index (χ0n) is 18.7. The largest absolute Gasteiger partial charge is 0.507 e. The number of carbonyl (C=O) groups is 2. The van der Waals surface area contributed by atoms with Crippen LogP contribution in [0.15, 0.2) is 66.2 Å². The van der Waals surface area contributed by atoms with Crippen LogP contribution in [0.3, 0.4) is 0 Å². The number of rotatable bonds is 6. The molecule has 0 aliphatic carbocycles. The third kappa shape index (κ3) is 4.57. The van der Waals surface area contributed by atoms with E-state index >= 15 is 0 Å². The van der Waals surface area contributed by atoms with Gasteiger partial charge < -0.3 is 14.6 Å². The van der Waals surface area contributed by atoms with Crippen LogP contribution in [0.25, 0.3) is 5.76 Å². The number of benzene rings is 3. The summed E-state index contributed by atoms with van der Waals surface area (Å²) in [4.78, 5) is 27.7. The number of nitrogens with zero attached hydrogens (tertiary/aromatic N) is 1. The zero-order chi connectivity index (χ0) is 25.3. The molecule has 1 unspecified atom stereocenters. The Morgan fingerprint density at radius 1 is 1.03 bits per heavy atom. The predicted molar refractivity (Wildman–Crippen MR) is 132 cm³/mol. The first-order valence-electron chi connectivity index (χ1n) is 10.6. The Labute approximate surface area is 211 Å². The maximum Gasteiger partial charge on any atom is 0.300 e. The monoisotopic (exact) mass is 515 g/mol. The highest BCUT2D eigenvalue weighted by molar-refractivity contribution is 6.52. The number of Topliss-reactive ketones (excluding diaryl/α,β-unsaturated/α-hetero) is 1. The Morgan fingerprint density at radius 2 is 1.80 bits per heavy atom. The van der Waals surface area contributed by atoms with Crippen LogP contribution in [0.2, 0.25) is 10.0 Å². The summed E-state index contributed by atoms with van der Waals surface area (Å²) < 4.78 is 24.7. The molecule has 1 fully saturated rings. The van der Waals surface area contributed by atoms with E-state index in [9.17, 15) is 19.1 Å². The first-order chi connectivity index (χ1) is 16.8. The van der Waals surface area contributed by atoms with Crippen LogP contribution in [0.1, 0.15) is 24.1 Å². The van der Waals surface area contributed by atoms with E-state index in [1.165, 1.54) is 31.4 Å². The number of ketones is 1. The van der Waals surface area contributed by atoms with Crippen molar-refractivity contribution in [1.29, 1.82) is 0 Å². The minimum Gasteiger partial charge on any atom is -0.507 e. The topological polar surface area (TPSA) is 76.1 Å². The van der Waals surface area contributed by atoms with Crippen LogP contribution in [0.4, 0.5) is 10.1 Å². The van der Waals surface area contributed by atoms with Gasteiger partial charge >= 0.3 is 0 Å². The second kappa shape index (κ2) is 9.98. The fourth-order valence-corrected chi connectivity index (χ4v) is 4.33. The number of halogens is 3. The Bertz CT molecular complexity index is 1360. The van der Waals surface area contributed by atoms with Crippen LogP contribution in [0.5, 0.6) is 11.5 Å². The fraction of sp³-hybridized carbons (Fsp3) is 0.154. The van der Waals surface area contributed by atoms with Gasteiger partial charge in [0.15, 0.2) is 0 Å². The van der Waals surface area contributed by atoms with Crippen LogP contribution < -0.4 is 14.4 Å². The van der Waals surface area contributed by atoms with Gasteiger partial charge in [0.25, 0.3) is 11.7 Å². The number of hydrogen-bond acceptors (Lipinski definition) is 5. The second-order valence-electron chi connectivity index (χ2n) is 7.62. The lowest BCUT2D eigenvalue weighted by molar-refractivity contribution is -0.132. The summed E-state index contributed by atoms with van der Waals surface area (Å²) in [6, 6.07) is 14.0. The van der Waals surface area contributed by atoms with E-state index in [-0.39, 0.29) is 26.9 Å². The van der Waals surface area contributed by atoms with Crippen LogP contribution in [-0.2, 0) is 9.59 Å². The van der Waals surface area contributed by atoms with Crippen LogP contribution in [-0.4, -0.2) is 30.5 Å². The Kier molecular flexibility index (Phi) is 7.00. The molecule has 6 nitrogen and oxygen atoms in total. The number of aliphatic hydroxyl groups is 1. The smallest absolute Gasteiger partial charge is 0.300 e. The molecule has 180 valence electrons. The molecule has 0 aromatic heterocycles. The van der Waals surface area contributed by atoms with Crippen molar-refractivity contribution in [3.8, 4) is 11.5 Å². The van der Waals surface area contributed by atoms with Crippen molar-refractivity contribution < 1.29 is 28.6 Å². The predicted octanol–water partition coefficient (Wildman–Crippen LogP) is 6.17. The van der Waals surface area contributed by atoms with Gasteiger partial charge in [-0.15, -0.1) is 0 Å². The Hall–Kier alpha value is -3.55. The first kappa shape index (κ1) is 24.6. The van der Waals surface area contributed by atoms with Crippen molar-refractivity contribution in [2.75, 3.05) is 18.6 Å². The van der Waals surface area contributed by atoms with Crippen molar-refractivity contribution in [1.82, 2.24) is 0 Å². The molecule has 1 aliphatic heterocycles. The molecule has 9 heteroatoms. The van der Waals surface area contributed by atoms with Gasteiger partial charge in [-0.25, -0.2) is 4.39 Å². The normalized spacial score (nSPS) is 17.1. The molecule has 0 spiro atoms. The summed E-state index contributed by atoms with van der Waals surface area (Å²) in [5.41, 5.74) is 0.585.